The van der Waals surface area contributed by atoms with Crippen LogP contribution in [0.1, 0.15) is 48.4 Å². The SMILES string of the molecule is CNC(=O)c1cc(F)cc(-c2c([C@H](OC(C)(C)C)C(=O)O)c(C)cc3ccccc23)c1. The van der Waals surface area contributed by atoms with E-state index in [2.05, 4.69) is 5.32 Å². The summed E-state index contributed by atoms with van der Waals surface area (Å²) in [7, 11) is 1.47. The molecule has 0 aliphatic rings. The first-order valence-corrected chi connectivity index (χ1v) is 9.97. The van der Waals surface area contributed by atoms with Gasteiger partial charge >= 0.3 is 5.97 Å². The molecule has 0 saturated heterocycles. The van der Waals surface area contributed by atoms with Crippen LogP contribution < -0.4 is 5.32 Å². The zero-order valence-corrected chi connectivity index (χ0v) is 18.2. The minimum absolute atomic E-state index is 0.151. The van der Waals surface area contributed by atoms with Crippen molar-refractivity contribution in [2.24, 2.45) is 0 Å². The van der Waals surface area contributed by atoms with Crippen LogP contribution in [0.5, 0.6) is 0 Å². The molecule has 0 unspecified atom stereocenters. The lowest BCUT2D eigenvalue weighted by Crippen LogP contribution is -2.28. The second-order valence-electron chi connectivity index (χ2n) is 8.46. The Morgan fingerprint density at radius 2 is 1.77 bits per heavy atom. The number of carboxylic acids is 1. The lowest BCUT2D eigenvalue weighted by atomic mass is 9.86. The number of rotatable bonds is 5. The van der Waals surface area contributed by atoms with E-state index >= 15 is 0 Å². The topological polar surface area (TPSA) is 75.6 Å². The zero-order valence-electron chi connectivity index (χ0n) is 18.2. The number of fused-ring (bicyclic) bond motifs is 1. The van der Waals surface area contributed by atoms with Gasteiger partial charge in [-0.1, -0.05) is 30.3 Å². The third-order valence-electron chi connectivity index (χ3n) is 4.93. The lowest BCUT2D eigenvalue weighted by molar-refractivity contribution is -0.160. The van der Waals surface area contributed by atoms with Crippen LogP contribution in [-0.2, 0) is 9.53 Å². The van der Waals surface area contributed by atoms with E-state index in [-0.39, 0.29) is 5.56 Å². The fourth-order valence-electron chi connectivity index (χ4n) is 3.75. The van der Waals surface area contributed by atoms with Gasteiger partial charge in [0.05, 0.1) is 5.60 Å². The molecular formula is C25H26FNO4. The molecule has 0 aromatic heterocycles. The molecule has 1 atom stereocenters. The molecule has 1 amide bonds. The summed E-state index contributed by atoms with van der Waals surface area (Å²) in [5.41, 5.74) is 1.52. The number of nitrogens with one attached hydrogen (secondary N) is 1. The van der Waals surface area contributed by atoms with Crippen molar-refractivity contribution in [2.75, 3.05) is 7.05 Å². The van der Waals surface area contributed by atoms with Gasteiger partial charge in [-0.2, -0.15) is 0 Å². The minimum atomic E-state index is -1.27. The van der Waals surface area contributed by atoms with Crippen molar-refractivity contribution in [1.29, 1.82) is 0 Å². The van der Waals surface area contributed by atoms with E-state index in [1.165, 1.54) is 13.1 Å². The maximum atomic E-state index is 14.5. The van der Waals surface area contributed by atoms with Gasteiger partial charge in [-0.3, -0.25) is 4.79 Å². The van der Waals surface area contributed by atoms with Crippen molar-refractivity contribution < 1.29 is 23.8 Å². The number of carboxylic acid groups (broad SMARTS) is 1. The van der Waals surface area contributed by atoms with Crippen molar-refractivity contribution in [3.8, 4) is 11.1 Å². The molecule has 0 saturated carbocycles. The van der Waals surface area contributed by atoms with Crippen LogP contribution in [0.15, 0.2) is 48.5 Å². The molecule has 3 aromatic rings. The minimum Gasteiger partial charge on any atom is -0.479 e. The number of aliphatic carboxylic acids is 1. The van der Waals surface area contributed by atoms with Crippen molar-refractivity contribution in [1.82, 2.24) is 5.32 Å². The van der Waals surface area contributed by atoms with Crippen LogP contribution in [0.2, 0.25) is 0 Å². The van der Waals surface area contributed by atoms with E-state index in [1.807, 2.05) is 37.3 Å². The van der Waals surface area contributed by atoms with Crippen LogP contribution >= 0.6 is 0 Å². The summed E-state index contributed by atoms with van der Waals surface area (Å²) in [6, 6.07) is 13.4. The standard InChI is InChI=1S/C25H26FNO4/c1-14-10-15-8-6-7-9-19(15)21(20(14)22(24(29)30)31-25(2,3)4)16-11-17(23(28)27-5)13-18(26)12-16/h6-13,22H,1-5H3,(H,27,28)(H,29,30)/t22-/m0/s1. The van der Waals surface area contributed by atoms with Gasteiger partial charge in [-0.15, -0.1) is 0 Å². The van der Waals surface area contributed by atoms with Gasteiger partial charge in [0.2, 0.25) is 0 Å². The van der Waals surface area contributed by atoms with E-state index in [0.717, 1.165) is 16.8 Å². The second kappa shape index (κ2) is 8.47. The first-order valence-electron chi connectivity index (χ1n) is 9.97. The number of carbonyl (C=O) groups excluding carboxylic acids is 1. The lowest BCUT2D eigenvalue weighted by Gasteiger charge is -2.28. The summed E-state index contributed by atoms with van der Waals surface area (Å²) < 4.78 is 20.5. The van der Waals surface area contributed by atoms with Crippen molar-refractivity contribution in [2.45, 2.75) is 39.4 Å². The molecule has 0 spiro atoms. The number of aryl methyl sites for hydroxylation is 1. The summed E-state index contributed by atoms with van der Waals surface area (Å²) in [6.45, 7) is 7.16. The summed E-state index contributed by atoms with van der Waals surface area (Å²) in [5.74, 6) is -2.16. The molecule has 5 nitrogen and oxygen atoms in total. The molecule has 0 fully saturated rings. The predicted octanol–water partition coefficient (Wildman–Crippen LogP) is 5.25. The first kappa shape index (κ1) is 22.4. The normalized spacial score (nSPS) is 12.6. The average Bonchev–Trinajstić information content (AvgIpc) is 2.69. The highest BCUT2D eigenvalue weighted by Gasteiger charge is 2.31. The Kier molecular flexibility index (Phi) is 6.13. The fraction of sp³-hybridized carbons (Fsp3) is 0.280. The smallest absolute Gasteiger partial charge is 0.337 e. The number of hydrogen-bond donors (Lipinski definition) is 2. The highest BCUT2D eigenvalue weighted by molar-refractivity contribution is 6.02. The van der Waals surface area contributed by atoms with Crippen molar-refractivity contribution in [3.05, 3.63) is 71.0 Å². The van der Waals surface area contributed by atoms with Crippen LogP contribution in [0, 0.1) is 12.7 Å². The van der Waals surface area contributed by atoms with E-state index in [0.29, 0.717) is 22.3 Å². The summed E-state index contributed by atoms with van der Waals surface area (Å²) >= 11 is 0. The average molecular weight is 423 g/mol. The molecule has 0 heterocycles. The molecule has 0 aliphatic heterocycles. The van der Waals surface area contributed by atoms with Gasteiger partial charge in [0.1, 0.15) is 5.82 Å². The highest BCUT2D eigenvalue weighted by Crippen LogP contribution is 2.41. The number of amides is 1. The van der Waals surface area contributed by atoms with E-state index in [1.54, 1.807) is 26.8 Å². The Balaban J connectivity index is 2.42. The van der Waals surface area contributed by atoms with Crippen LogP contribution in [-0.4, -0.2) is 29.6 Å². The maximum absolute atomic E-state index is 14.5. The molecule has 3 rings (SSSR count). The number of benzene rings is 3. The van der Waals surface area contributed by atoms with Crippen LogP contribution in [0.4, 0.5) is 4.39 Å². The van der Waals surface area contributed by atoms with E-state index in [4.69, 9.17) is 4.74 Å². The molecule has 0 aliphatic carbocycles. The van der Waals surface area contributed by atoms with Gasteiger partial charge in [-0.05, 0) is 73.4 Å². The van der Waals surface area contributed by atoms with Gasteiger partial charge in [0.25, 0.3) is 5.91 Å². The molecule has 31 heavy (non-hydrogen) atoms. The summed E-state index contributed by atoms with van der Waals surface area (Å²) in [5, 5.41) is 14.2. The van der Waals surface area contributed by atoms with Crippen molar-refractivity contribution >= 4 is 22.6 Å². The summed E-state index contributed by atoms with van der Waals surface area (Å²) in [6.07, 6.45) is -1.27. The highest BCUT2D eigenvalue weighted by atomic mass is 19.1. The molecule has 3 aromatic carbocycles. The molecule has 0 bridgehead atoms. The van der Waals surface area contributed by atoms with Crippen molar-refractivity contribution in [3.63, 3.8) is 0 Å². The number of carbonyl (C=O) groups is 2. The third kappa shape index (κ3) is 4.75. The van der Waals surface area contributed by atoms with E-state index < -0.39 is 29.4 Å². The van der Waals surface area contributed by atoms with Gasteiger partial charge in [-0.25, -0.2) is 9.18 Å². The summed E-state index contributed by atoms with van der Waals surface area (Å²) in [4.78, 5) is 24.5. The second-order valence-corrected chi connectivity index (χ2v) is 8.46. The number of hydrogen-bond acceptors (Lipinski definition) is 3. The van der Waals surface area contributed by atoms with Crippen LogP contribution in [0.3, 0.4) is 0 Å². The molecule has 162 valence electrons. The van der Waals surface area contributed by atoms with Crippen LogP contribution in [0.25, 0.3) is 21.9 Å². The Morgan fingerprint density at radius 1 is 1.10 bits per heavy atom. The monoisotopic (exact) mass is 423 g/mol. The zero-order chi connectivity index (χ0) is 22.9. The predicted molar refractivity (Wildman–Crippen MR) is 119 cm³/mol. The largest absolute Gasteiger partial charge is 0.479 e. The molecule has 2 N–H and O–H groups in total. The molecule has 6 heteroatoms. The Morgan fingerprint density at radius 3 is 2.39 bits per heavy atom. The van der Waals surface area contributed by atoms with Gasteiger partial charge in [0.15, 0.2) is 6.10 Å². The Hall–Kier alpha value is -3.25. The van der Waals surface area contributed by atoms with Gasteiger partial charge in [0, 0.05) is 18.2 Å². The fourth-order valence-corrected chi connectivity index (χ4v) is 3.75. The first-order chi connectivity index (χ1) is 14.5. The third-order valence-corrected chi connectivity index (χ3v) is 4.93. The molecular weight excluding hydrogens is 397 g/mol. The molecule has 0 radical (unpaired) electrons. The van der Waals surface area contributed by atoms with E-state index in [9.17, 15) is 19.1 Å². The quantitative estimate of drug-likeness (QED) is 0.587. The maximum Gasteiger partial charge on any atom is 0.337 e. The number of halogens is 1. The van der Waals surface area contributed by atoms with Gasteiger partial charge < -0.3 is 15.2 Å². The Bertz CT molecular complexity index is 1160. The number of ether oxygens (including phenoxy) is 1. The Labute approximate surface area is 180 Å².